The minimum Gasteiger partial charge on any atom is -0.507 e. The number of hydrogen-bond donors (Lipinski definition) is 3. The van der Waals surface area contributed by atoms with E-state index in [0.29, 0.717) is 36.9 Å². The molecule has 1 heterocycles. The number of benzene rings is 3. The van der Waals surface area contributed by atoms with Crippen LogP contribution in [-0.4, -0.2) is 50.0 Å². The van der Waals surface area contributed by atoms with Gasteiger partial charge in [-0.15, -0.1) is 0 Å². The van der Waals surface area contributed by atoms with Crippen molar-refractivity contribution in [3.05, 3.63) is 85.0 Å². The fourth-order valence-electron chi connectivity index (χ4n) is 7.44. The van der Waals surface area contributed by atoms with Crippen molar-refractivity contribution in [3.63, 3.8) is 0 Å². The molecule has 0 aliphatic carbocycles. The molecular formula is C42H63N3O3. The number of aryl methyl sites for hydroxylation is 3. The van der Waals surface area contributed by atoms with Crippen LogP contribution in [0.25, 0.3) is 0 Å². The summed E-state index contributed by atoms with van der Waals surface area (Å²) >= 11 is 0. The summed E-state index contributed by atoms with van der Waals surface area (Å²) in [5, 5.41) is 33.9. The summed E-state index contributed by atoms with van der Waals surface area (Å²) in [7, 11) is 0. The molecule has 3 aromatic rings. The molecule has 0 amide bonds. The topological polar surface area (TPSA) is 70.4 Å². The predicted octanol–water partition coefficient (Wildman–Crippen LogP) is 9.24. The fraction of sp³-hybridized carbons (Fsp3) is 0.571. The Balaban J connectivity index is 1.74. The van der Waals surface area contributed by atoms with Crippen molar-refractivity contribution in [2.45, 2.75) is 140 Å². The molecule has 1 aliphatic heterocycles. The monoisotopic (exact) mass is 657 g/mol. The van der Waals surface area contributed by atoms with Gasteiger partial charge in [0.15, 0.2) is 0 Å². The fourth-order valence-corrected chi connectivity index (χ4v) is 7.44. The highest BCUT2D eigenvalue weighted by atomic mass is 16.3. The molecule has 1 saturated heterocycles. The lowest BCUT2D eigenvalue weighted by Gasteiger charge is -2.43. The summed E-state index contributed by atoms with van der Waals surface area (Å²) in [5.74, 6) is 1.19. The quantitative estimate of drug-likeness (QED) is 0.246. The van der Waals surface area contributed by atoms with Gasteiger partial charge in [0, 0.05) is 19.6 Å². The van der Waals surface area contributed by atoms with E-state index in [1.165, 1.54) is 33.4 Å². The van der Waals surface area contributed by atoms with E-state index in [0.717, 1.165) is 53.4 Å². The Morgan fingerprint density at radius 1 is 0.438 bits per heavy atom. The second-order valence-electron chi connectivity index (χ2n) is 17.7. The van der Waals surface area contributed by atoms with E-state index in [4.69, 9.17) is 0 Å². The molecule has 0 aromatic heterocycles. The summed E-state index contributed by atoms with van der Waals surface area (Å²) in [6.07, 6.45) is 0. The predicted molar refractivity (Wildman–Crippen MR) is 200 cm³/mol. The van der Waals surface area contributed by atoms with Crippen molar-refractivity contribution < 1.29 is 15.3 Å². The molecule has 3 aromatic carbocycles. The molecule has 0 spiro atoms. The number of hydrogen-bond acceptors (Lipinski definition) is 6. The Morgan fingerprint density at radius 3 is 0.833 bits per heavy atom. The second-order valence-corrected chi connectivity index (χ2v) is 17.7. The third kappa shape index (κ3) is 7.72. The number of phenols is 3. The van der Waals surface area contributed by atoms with Crippen LogP contribution in [0.2, 0.25) is 0 Å². The van der Waals surface area contributed by atoms with Gasteiger partial charge in [-0.25, -0.2) is 0 Å². The molecule has 4 rings (SSSR count). The molecule has 0 saturated carbocycles. The largest absolute Gasteiger partial charge is 0.507 e. The van der Waals surface area contributed by atoms with Crippen LogP contribution in [-0.2, 0) is 35.9 Å². The van der Waals surface area contributed by atoms with Gasteiger partial charge in [0.05, 0.1) is 20.0 Å². The van der Waals surface area contributed by atoms with Gasteiger partial charge in [-0.2, -0.15) is 0 Å². The van der Waals surface area contributed by atoms with Gasteiger partial charge in [0.1, 0.15) is 17.2 Å². The van der Waals surface area contributed by atoms with Crippen LogP contribution in [0.3, 0.4) is 0 Å². The highest BCUT2D eigenvalue weighted by molar-refractivity contribution is 5.53. The maximum absolute atomic E-state index is 11.3. The van der Waals surface area contributed by atoms with E-state index >= 15 is 0 Å². The van der Waals surface area contributed by atoms with E-state index in [1.54, 1.807) is 0 Å². The van der Waals surface area contributed by atoms with Gasteiger partial charge in [-0.05, 0) is 125 Å². The van der Waals surface area contributed by atoms with Crippen molar-refractivity contribution >= 4 is 0 Å². The average Bonchev–Trinajstić information content (AvgIpc) is 2.95. The Bertz CT molecular complexity index is 1480. The molecular weight excluding hydrogens is 594 g/mol. The van der Waals surface area contributed by atoms with Crippen LogP contribution in [0.4, 0.5) is 0 Å². The van der Waals surface area contributed by atoms with Crippen molar-refractivity contribution in [2.75, 3.05) is 20.0 Å². The lowest BCUT2D eigenvalue weighted by molar-refractivity contribution is -0.0427. The number of phenolic OH excluding ortho intramolecular Hbond substituents is 3. The van der Waals surface area contributed by atoms with Crippen molar-refractivity contribution in [1.82, 2.24) is 14.7 Å². The molecule has 48 heavy (non-hydrogen) atoms. The maximum Gasteiger partial charge on any atom is 0.122 e. The van der Waals surface area contributed by atoms with Crippen LogP contribution >= 0.6 is 0 Å². The number of aromatic hydroxyl groups is 3. The lowest BCUT2D eigenvalue weighted by atomic mass is 9.82. The first kappa shape index (κ1) is 37.8. The molecule has 0 unspecified atom stereocenters. The zero-order valence-corrected chi connectivity index (χ0v) is 32.7. The van der Waals surface area contributed by atoms with E-state index in [1.807, 2.05) is 20.8 Å². The van der Waals surface area contributed by atoms with Crippen molar-refractivity contribution in [3.8, 4) is 17.2 Å². The van der Waals surface area contributed by atoms with Gasteiger partial charge in [0.2, 0.25) is 0 Å². The minimum absolute atomic E-state index is 0.148. The zero-order chi connectivity index (χ0) is 36.3. The van der Waals surface area contributed by atoms with Crippen LogP contribution in [0.15, 0.2) is 18.2 Å². The first-order valence-electron chi connectivity index (χ1n) is 17.6. The highest BCUT2D eigenvalue weighted by Gasteiger charge is 2.30. The highest BCUT2D eigenvalue weighted by Crippen LogP contribution is 2.40. The maximum atomic E-state index is 11.3. The minimum atomic E-state index is -0.148. The second kappa shape index (κ2) is 13.3. The smallest absolute Gasteiger partial charge is 0.122 e. The van der Waals surface area contributed by atoms with E-state index in [-0.39, 0.29) is 16.2 Å². The normalized spacial score (nSPS) is 15.8. The molecule has 0 bridgehead atoms. The molecule has 1 aliphatic rings. The first-order valence-corrected chi connectivity index (χ1v) is 17.6. The van der Waals surface area contributed by atoms with Crippen LogP contribution in [0, 0.1) is 41.5 Å². The van der Waals surface area contributed by atoms with E-state index < -0.39 is 0 Å². The standard InChI is InChI=1S/C42H63N3O3/c1-25-16-34(40(7,8)9)37(46)28(4)31(25)19-43-22-44(20-32-26(2)17-35(41(10,11)12)38(47)29(32)5)24-45(23-43)21-33-27(3)18-36(42(13,14)15)39(48)30(33)6/h16-18,46-48H,19-24H2,1-15H3. The Hall–Kier alpha value is -3.06. The molecule has 0 atom stereocenters. The molecule has 6 heteroatoms. The summed E-state index contributed by atoms with van der Waals surface area (Å²) in [6.45, 7) is 36.3. The third-order valence-corrected chi connectivity index (χ3v) is 10.5. The van der Waals surface area contributed by atoms with Gasteiger partial charge in [-0.1, -0.05) is 80.5 Å². The molecule has 1 fully saturated rings. The number of nitrogens with zero attached hydrogens (tertiary/aromatic N) is 3. The molecule has 3 N–H and O–H groups in total. The van der Waals surface area contributed by atoms with Gasteiger partial charge in [0.25, 0.3) is 0 Å². The Morgan fingerprint density at radius 2 is 0.646 bits per heavy atom. The average molecular weight is 658 g/mol. The van der Waals surface area contributed by atoms with E-state index in [2.05, 4.69) is 116 Å². The van der Waals surface area contributed by atoms with Crippen molar-refractivity contribution in [1.29, 1.82) is 0 Å². The van der Waals surface area contributed by atoms with Crippen LogP contribution in [0.5, 0.6) is 17.2 Å². The van der Waals surface area contributed by atoms with Crippen LogP contribution in [0.1, 0.15) is 129 Å². The lowest BCUT2D eigenvalue weighted by Crippen LogP contribution is -2.54. The Labute approximate surface area is 291 Å². The van der Waals surface area contributed by atoms with Crippen molar-refractivity contribution in [2.24, 2.45) is 0 Å². The Kier molecular flexibility index (Phi) is 10.5. The molecule has 264 valence electrons. The van der Waals surface area contributed by atoms with E-state index in [9.17, 15) is 15.3 Å². The van der Waals surface area contributed by atoms with Gasteiger partial charge < -0.3 is 15.3 Å². The first-order chi connectivity index (χ1) is 21.9. The molecule has 0 radical (unpaired) electrons. The summed E-state index contributed by atoms with van der Waals surface area (Å²) in [5.41, 5.74) is 12.5. The summed E-state index contributed by atoms with van der Waals surface area (Å²) in [4.78, 5) is 7.37. The SMILES string of the molecule is Cc1cc(C(C)(C)C)c(O)c(C)c1CN1CN(Cc2c(C)cc(C(C)(C)C)c(O)c2C)CN(Cc2c(C)cc(C(C)(C)C)c(O)c2C)C1. The third-order valence-electron chi connectivity index (χ3n) is 10.5. The number of rotatable bonds is 6. The zero-order valence-electron chi connectivity index (χ0n) is 32.7. The van der Waals surface area contributed by atoms with Crippen LogP contribution < -0.4 is 0 Å². The summed E-state index contributed by atoms with van der Waals surface area (Å²) < 4.78 is 0. The van der Waals surface area contributed by atoms with Gasteiger partial charge in [-0.3, -0.25) is 14.7 Å². The van der Waals surface area contributed by atoms with Gasteiger partial charge >= 0.3 is 0 Å². The molecule has 6 nitrogen and oxygen atoms in total. The summed E-state index contributed by atoms with van der Waals surface area (Å²) in [6, 6.07) is 6.49.